The Morgan fingerprint density at radius 3 is 1.82 bits per heavy atom. The van der Waals surface area contributed by atoms with Gasteiger partial charge in [-0.15, -0.1) is 0 Å². The van der Waals surface area contributed by atoms with E-state index in [0.29, 0.717) is 0 Å². The molecule has 0 atom stereocenters. The van der Waals surface area contributed by atoms with Crippen molar-refractivity contribution < 1.29 is 48.3 Å². The van der Waals surface area contributed by atoms with Crippen LogP contribution in [0.3, 0.4) is 0 Å². The molecule has 0 spiro atoms. The van der Waals surface area contributed by atoms with Gasteiger partial charge in [0, 0.05) is 0 Å². The fourth-order valence-electron chi connectivity index (χ4n) is 0.505. The third-order valence-electron chi connectivity index (χ3n) is 0.810. The Hall–Kier alpha value is 1.11. The largest absolute Gasteiger partial charge is 1.00 e. The van der Waals surface area contributed by atoms with Crippen molar-refractivity contribution in [3.63, 3.8) is 0 Å². The molecule has 0 rings (SSSR count). The summed E-state index contributed by atoms with van der Waals surface area (Å²) in [6, 6.07) is 0. The molecule has 0 heterocycles. The van der Waals surface area contributed by atoms with E-state index in [1.165, 1.54) is 0 Å². The molecule has 0 saturated heterocycles. The third-order valence-corrected chi connectivity index (χ3v) is 2.43. The van der Waals surface area contributed by atoms with Crippen LogP contribution in [0.4, 0.5) is 0 Å². The van der Waals surface area contributed by atoms with Crippen molar-refractivity contribution in [1.29, 1.82) is 0 Å². The second-order valence-electron chi connectivity index (χ2n) is 1.58. The molecule has 6 heteroatoms. The quantitative estimate of drug-likeness (QED) is 0.357. The molecule has 0 amide bonds. The van der Waals surface area contributed by atoms with Gasteiger partial charge < -0.3 is 14.2 Å². The fraction of sp³-hybridized carbons (Fsp3) is 1.00. The van der Waals surface area contributed by atoms with Gasteiger partial charge in [0.2, 0.25) is 0 Å². The van der Waals surface area contributed by atoms with Crippen molar-refractivity contribution in [3.8, 4) is 0 Å². The van der Waals surface area contributed by atoms with E-state index in [0.717, 1.165) is 0 Å². The van der Waals surface area contributed by atoms with Crippen LogP contribution in [-0.4, -0.2) is 19.6 Å². The van der Waals surface area contributed by atoms with Gasteiger partial charge in [0.15, 0.2) is 0 Å². The Kier molecular flexibility index (Phi) is 10.3. The SMILES string of the molecule is CCOP(=O)(C[O-])OCC.[Na+]. The summed E-state index contributed by atoms with van der Waals surface area (Å²) >= 11 is 0. The first-order valence-electron chi connectivity index (χ1n) is 3.14. The Morgan fingerprint density at radius 2 is 1.64 bits per heavy atom. The van der Waals surface area contributed by atoms with Crippen LogP contribution in [0, 0.1) is 0 Å². The van der Waals surface area contributed by atoms with Gasteiger partial charge in [-0.25, -0.2) is 0 Å². The van der Waals surface area contributed by atoms with Gasteiger partial charge in [0.25, 0.3) is 0 Å². The van der Waals surface area contributed by atoms with Crippen molar-refractivity contribution in [3.05, 3.63) is 0 Å². The fourth-order valence-corrected chi connectivity index (χ4v) is 1.52. The monoisotopic (exact) mass is 190 g/mol. The third kappa shape index (κ3) is 6.29. The molecule has 0 aliphatic rings. The minimum Gasteiger partial charge on any atom is -0.846 e. The van der Waals surface area contributed by atoms with Crippen LogP contribution in [0.5, 0.6) is 0 Å². The Bertz CT molecular complexity index is 120. The van der Waals surface area contributed by atoms with Crippen molar-refractivity contribution in [2.75, 3.05) is 19.6 Å². The predicted molar refractivity (Wildman–Crippen MR) is 35.7 cm³/mol. The molecule has 0 N–H and O–H groups in total. The standard InChI is InChI=1S/C5H12O4P.Na/c1-3-8-10(7,5-6)9-4-2;/h3-5H2,1-2H3;/q-1;+1. The van der Waals surface area contributed by atoms with E-state index in [2.05, 4.69) is 9.05 Å². The number of rotatable bonds is 5. The van der Waals surface area contributed by atoms with Crippen molar-refractivity contribution in [2.24, 2.45) is 0 Å². The smallest absolute Gasteiger partial charge is 0.846 e. The van der Waals surface area contributed by atoms with E-state index in [-0.39, 0.29) is 42.8 Å². The number of hydrogen-bond acceptors (Lipinski definition) is 4. The van der Waals surface area contributed by atoms with Crippen molar-refractivity contribution in [1.82, 2.24) is 0 Å². The average molecular weight is 190 g/mol. The van der Waals surface area contributed by atoms with E-state index in [1.54, 1.807) is 13.8 Å². The van der Waals surface area contributed by atoms with Gasteiger partial charge in [-0.05, 0) is 20.2 Å². The molecule has 0 bridgehead atoms. The van der Waals surface area contributed by atoms with Crippen LogP contribution >= 0.6 is 7.60 Å². The molecule has 0 unspecified atom stereocenters. The maximum atomic E-state index is 11.0. The van der Waals surface area contributed by atoms with Gasteiger partial charge >= 0.3 is 37.2 Å². The molecule has 0 aliphatic heterocycles. The van der Waals surface area contributed by atoms with Gasteiger partial charge in [-0.1, -0.05) is 0 Å². The zero-order chi connectivity index (χ0) is 8.04. The molecule has 0 aromatic rings. The summed E-state index contributed by atoms with van der Waals surface area (Å²) in [5.41, 5.74) is 0. The van der Waals surface area contributed by atoms with Crippen LogP contribution in [0.1, 0.15) is 13.8 Å². The maximum absolute atomic E-state index is 11.0. The average Bonchev–Trinajstić information content (AvgIpc) is 1.89. The first kappa shape index (κ1) is 14.6. The summed E-state index contributed by atoms with van der Waals surface area (Å²) < 4.78 is 20.3. The van der Waals surface area contributed by atoms with Crippen LogP contribution in [0.25, 0.3) is 0 Å². The molecule has 0 fully saturated rings. The zero-order valence-corrected chi connectivity index (χ0v) is 10.1. The van der Waals surface area contributed by atoms with Crippen LogP contribution in [0.2, 0.25) is 0 Å². The van der Waals surface area contributed by atoms with Gasteiger partial charge in [-0.2, -0.15) is 0 Å². The molecule has 0 aromatic carbocycles. The molecule has 0 saturated carbocycles. The van der Waals surface area contributed by atoms with Crippen molar-refractivity contribution >= 4 is 7.60 Å². The summed E-state index contributed by atoms with van der Waals surface area (Å²) in [4.78, 5) is 0. The molecule has 0 radical (unpaired) electrons. The molecule has 11 heavy (non-hydrogen) atoms. The molecule has 4 nitrogen and oxygen atoms in total. The van der Waals surface area contributed by atoms with E-state index in [1.807, 2.05) is 0 Å². The number of hydrogen-bond donors (Lipinski definition) is 0. The first-order chi connectivity index (χ1) is 4.68. The molecule has 0 aliphatic carbocycles. The van der Waals surface area contributed by atoms with E-state index in [4.69, 9.17) is 0 Å². The van der Waals surface area contributed by atoms with Gasteiger partial charge in [0.05, 0.1) is 13.2 Å². The summed E-state index contributed by atoms with van der Waals surface area (Å²) in [6.07, 6.45) is -0.797. The summed E-state index contributed by atoms with van der Waals surface area (Å²) in [7, 11) is -3.26. The molecule has 62 valence electrons. The summed E-state index contributed by atoms with van der Waals surface area (Å²) in [5.74, 6) is 0. The first-order valence-corrected chi connectivity index (χ1v) is 4.87. The maximum Gasteiger partial charge on any atom is 1.00 e. The Labute approximate surface area is 89.1 Å². The Balaban J connectivity index is 0. The minimum absolute atomic E-state index is 0. The molecule has 0 aromatic heterocycles. The minimum atomic E-state index is -3.26. The second-order valence-corrected chi connectivity index (χ2v) is 3.57. The molecular weight excluding hydrogens is 178 g/mol. The second kappa shape index (κ2) is 7.74. The van der Waals surface area contributed by atoms with E-state index < -0.39 is 13.9 Å². The van der Waals surface area contributed by atoms with Crippen LogP contribution in [-0.2, 0) is 13.6 Å². The summed E-state index contributed by atoms with van der Waals surface area (Å²) in [6.45, 7) is 3.84. The van der Waals surface area contributed by atoms with Gasteiger partial charge in [-0.3, -0.25) is 4.57 Å². The predicted octanol–water partition coefficient (Wildman–Crippen LogP) is -2.43. The van der Waals surface area contributed by atoms with E-state index in [9.17, 15) is 9.67 Å². The van der Waals surface area contributed by atoms with E-state index >= 15 is 0 Å². The molecular formula is C5H12NaO4P. The zero-order valence-electron chi connectivity index (χ0n) is 7.20. The van der Waals surface area contributed by atoms with Crippen molar-refractivity contribution in [2.45, 2.75) is 13.8 Å². The van der Waals surface area contributed by atoms with Crippen LogP contribution in [0.15, 0.2) is 0 Å². The topological polar surface area (TPSA) is 58.6 Å². The Morgan fingerprint density at radius 1 is 1.27 bits per heavy atom. The summed E-state index contributed by atoms with van der Waals surface area (Å²) in [5, 5.41) is 10.2. The van der Waals surface area contributed by atoms with Gasteiger partial charge in [0.1, 0.15) is 0 Å². The normalized spacial score (nSPS) is 10.8. The van der Waals surface area contributed by atoms with Crippen LogP contribution < -0.4 is 34.7 Å².